The van der Waals surface area contributed by atoms with E-state index >= 15 is 0 Å². The molecular weight excluding hydrogens is 535 g/mol. The SMILES string of the molecule is CCOc1ccc(-c2nc(C(=O)Nc3c(Cl)cncc3Cl)c(C(C)NC(=O)OC(C)(C)C)o2)cc1OCC. The van der Waals surface area contributed by atoms with E-state index in [9.17, 15) is 9.59 Å². The lowest BCUT2D eigenvalue weighted by Crippen LogP contribution is -2.34. The molecule has 0 saturated heterocycles. The minimum absolute atomic E-state index is 0.0839. The maximum atomic E-state index is 13.4. The lowest BCUT2D eigenvalue weighted by molar-refractivity contribution is 0.0501. The molecule has 2 N–H and O–H groups in total. The third-order valence-corrected chi connectivity index (χ3v) is 5.45. The van der Waals surface area contributed by atoms with E-state index < -0.39 is 23.6 Å². The second-order valence-corrected chi connectivity index (χ2v) is 9.87. The second-order valence-electron chi connectivity index (χ2n) is 9.06. The number of carbonyl (C=O) groups excluding carboxylic acids is 2. The number of anilines is 1. The Morgan fingerprint density at radius 3 is 2.29 bits per heavy atom. The van der Waals surface area contributed by atoms with Crippen LogP contribution in [0.1, 0.15) is 63.8 Å². The highest BCUT2D eigenvalue weighted by atomic mass is 35.5. The molecule has 3 aromatic rings. The summed E-state index contributed by atoms with van der Waals surface area (Å²) in [5.41, 5.74) is -0.110. The van der Waals surface area contributed by atoms with Gasteiger partial charge in [0.25, 0.3) is 5.91 Å². The van der Waals surface area contributed by atoms with Gasteiger partial charge in [0.15, 0.2) is 23.0 Å². The van der Waals surface area contributed by atoms with E-state index in [-0.39, 0.29) is 33.1 Å². The minimum Gasteiger partial charge on any atom is -0.490 e. The van der Waals surface area contributed by atoms with Gasteiger partial charge in [0.2, 0.25) is 5.89 Å². The lowest BCUT2D eigenvalue weighted by Gasteiger charge is -2.21. The van der Waals surface area contributed by atoms with E-state index in [4.69, 9.17) is 41.8 Å². The normalized spacial score (nSPS) is 12.0. The summed E-state index contributed by atoms with van der Waals surface area (Å²) in [6.45, 7) is 11.5. The lowest BCUT2D eigenvalue weighted by atomic mass is 10.2. The zero-order chi connectivity index (χ0) is 28.0. The van der Waals surface area contributed by atoms with Gasteiger partial charge in [0.1, 0.15) is 5.60 Å². The van der Waals surface area contributed by atoms with Gasteiger partial charge >= 0.3 is 6.09 Å². The highest BCUT2D eigenvalue weighted by Gasteiger charge is 2.28. The number of hydrogen-bond acceptors (Lipinski definition) is 8. The molecule has 204 valence electrons. The highest BCUT2D eigenvalue weighted by molar-refractivity contribution is 6.39. The molecule has 1 atom stereocenters. The molecule has 0 aliphatic heterocycles. The molecule has 12 heteroatoms. The molecule has 0 radical (unpaired) electrons. The standard InChI is InChI=1S/C26H30Cl2N4O6/c1-7-35-18-10-9-15(11-19(18)36-8-2)24-32-21(23(33)31-20-16(27)12-29-13-17(20)28)22(37-24)14(3)30-25(34)38-26(4,5)6/h9-14H,7-8H2,1-6H3,(H,30,34)(H,29,31,33). The molecule has 0 spiro atoms. The minimum atomic E-state index is -0.788. The number of carbonyl (C=O) groups is 2. The fourth-order valence-electron chi connectivity index (χ4n) is 3.35. The number of rotatable bonds is 9. The Morgan fingerprint density at radius 1 is 1.05 bits per heavy atom. The van der Waals surface area contributed by atoms with Crippen LogP contribution in [0.15, 0.2) is 35.0 Å². The van der Waals surface area contributed by atoms with E-state index in [0.29, 0.717) is 30.3 Å². The van der Waals surface area contributed by atoms with Gasteiger partial charge in [-0.2, -0.15) is 0 Å². The van der Waals surface area contributed by atoms with Crippen molar-refractivity contribution in [3.63, 3.8) is 0 Å². The Morgan fingerprint density at radius 2 is 1.68 bits per heavy atom. The van der Waals surface area contributed by atoms with Crippen molar-refractivity contribution < 1.29 is 28.2 Å². The van der Waals surface area contributed by atoms with Gasteiger partial charge < -0.3 is 29.3 Å². The molecule has 0 aliphatic rings. The average Bonchev–Trinajstić information content (AvgIpc) is 3.27. The van der Waals surface area contributed by atoms with Gasteiger partial charge in [0.05, 0.1) is 35.0 Å². The van der Waals surface area contributed by atoms with Gasteiger partial charge in [-0.05, 0) is 59.7 Å². The van der Waals surface area contributed by atoms with Crippen LogP contribution in [-0.4, -0.2) is 40.8 Å². The third-order valence-electron chi connectivity index (χ3n) is 4.88. The summed E-state index contributed by atoms with van der Waals surface area (Å²) in [5, 5.41) is 5.61. The number of benzene rings is 1. The number of nitrogens with one attached hydrogen (secondary N) is 2. The van der Waals surface area contributed by atoms with E-state index in [0.717, 1.165) is 0 Å². The van der Waals surface area contributed by atoms with Crippen LogP contribution < -0.4 is 20.1 Å². The highest BCUT2D eigenvalue weighted by Crippen LogP contribution is 2.35. The number of alkyl carbamates (subject to hydrolysis) is 1. The Hall–Kier alpha value is -3.50. The predicted molar refractivity (Wildman–Crippen MR) is 144 cm³/mol. The predicted octanol–water partition coefficient (Wildman–Crippen LogP) is 6.68. The summed E-state index contributed by atoms with van der Waals surface area (Å²) in [6, 6.07) is 4.37. The Kier molecular flexibility index (Phi) is 9.45. The van der Waals surface area contributed by atoms with E-state index in [1.165, 1.54) is 12.4 Å². The van der Waals surface area contributed by atoms with Gasteiger partial charge in [-0.25, -0.2) is 9.78 Å². The van der Waals surface area contributed by atoms with Crippen molar-refractivity contribution in [1.29, 1.82) is 0 Å². The van der Waals surface area contributed by atoms with Gasteiger partial charge in [-0.3, -0.25) is 9.78 Å². The summed E-state index contributed by atoms with van der Waals surface area (Å²) in [7, 11) is 0. The number of nitrogens with zero attached hydrogens (tertiary/aromatic N) is 2. The van der Waals surface area contributed by atoms with Crippen molar-refractivity contribution in [2.24, 2.45) is 0 Å². The van der Waals surface area contributed by atoms with Crippen LogP contribution in [0.5, 0.6) is 11.5 Å². The van der Waals surface area contributed by atoms with E-state index in [2.05, 4.69) is 20.6 Å². The first-order valence-electron chi connectivity index (χ1n) is 11.9. The maximum absolute atomic E-state index is 13.4. The monoisotopic (exact) mass is 564 g/mol. The molecule has 10 nitrogen and oxygen atoms in total. The number of hydrogen-bond donors (Lipinski definition) is 2. The molecule has 3 rings (SSSR count). The van der Waals surface area contributed by atoms with Crippen molar-refractivity contribution >= 4 is 40.9 Å². The quantitative estimate of drug-likeness (QED) is 0.295. The van der Waals surface area contributed by atoms with E-state index in [1.54, 1.807) is 45.9 Å². The molecule has 0 saturated carbocycles. The van der Waals surface area contributed by atoms with Gasteiger partial charge in [-0.15, -0.1) is 0 Å². The zero-order valence-electron chi connectivity index (χ0n) is 22.0. The number of oxazole rings is 1. The van der Waals surface area contributed by atoms with Crippen molar-refractivity contribution in [1.82, 2.24) is 15.3 Å². The number of ether oxygens (including phenoxy) is 3. The number of halogens is 2. The maximum Gasteiger partial charge on any atom is 0.408 e. The molecule has 2 aromatic heterocycles. The average molecular weight is 565 g/mol. The Balaban J connectivity index is 2.03. The van der Waals surface area contributed by atoms with Crippen molar-refractivity contribution in [3.05, 3.63) is 52.1 Å². The smallest absolute Gasteiger partial charge is 0.408 e. The number of pyridine rings is 1. The van der Waals surface area contributed by atoms with Crippen molar-refractivity contribution in [2.45, 2.75) is 53.2 Å². The fraction of sp³-hybridized carbons (Fsp3) is 0.385. The van der Waals surface area contributed by atoms with E-state index in [1.807, 2.05) is 13.8 Å². The topological polar surface area (TPSA) is 125 Å². The van der Waals surface area contributed by atoms with Crippen LogP contribution in [-0.2, 0) is 4.74 Å². The van der Waals surface area contributed by atoms with Crippen LogP contribution in [0.2, 0.25) is 10.0 Å². The third kappa shape index (κ3) is 7.29. The Bertz CT molecular complexity index is 1290. The van der Waals surface area contributed by atoms with Crippen molar-refractivity contribution in [3.8, 4) is 23.0 Å². The van der Waals surface area contributed by atoms with Crippen LogP contribution >= 0.6 is 23.2 Å². The molecular formula is C26H30Cl2N4O6. The number of amides is 2. The second kappa shape index (κ2) is 12.4. The fourth-order valence-corrected chi connectivity index (χ4v) is 3.81. The molecule has 38 heavy (non-hydrogen) atoms. The van der Waals surface area contributed by atoms with Crippen molar-refractivity contribution in [2.75, 3.05) is 18.5 Å². The van der Waals surface area contributed by atoms with Crippen LogP contribution in [0.4, 0.5) is 10.5 Å². The molecule has 2 heterocycles. The molecule has 1 unspecified atom stereocenters. The van der Waals surface area contributed by atoms with Gasteiger partial charge in [-0.1, -0.05) is 23.2 Å². The molecule has 0 bridgehead atoms. The summed E-state index contributed by atoms with van der Waals surface area (Å²) in [6.07, 6.45) is 2.01. The first kappa shape index (κ1) is 29.1. The summed E-state index contributed by atoms with van der Waals surface area (Å²) in [5.74, 6) is 0.617. The molecule has 2 amide bonds. The summed E-state index contributed by atoms with van der Waals surface area (Å²) >= 11 is 12.4. The van der Waals surface area contributed by atoms with Crippen LogP contribution in [0.25, 0.3) is 11.5 Å². The van der Waals surface area contributed by atoms with Crippen LogP contribution in [0, 0.1) is 0 Å². The molecule has 0 aliphatic carbocycles. The Labute approximate surface area is 231 Å². The van der Waals surface area contributed by atoms with Crippen LogP contribution in [0.3, 0.4) is 0 Å². The summed E-state index contributed by atoms with van der Waals surface area (Å²) in [4.78, 5) is 34.1. The first-order chi connectivity index (χ1) is 17.9. The number of aromatic nitrogens is 2. The largest absolute Gasteiger partial charge is 0.490 e. The molecule has 1 aromatic carbocycles. The summed E-state index contributed by atoms with van der Waals surface area (Å²) < 4.78 is 22.7. The first-order valence-corrected chi connectivity index (χ1v) is 12.7. The zero-order valence-corrected chi connectivity index (χ0v) is 23.5. The van der Waals surface area contributed by atoms with Gasteiger partial charge in [0, 0.05) is 18.0 Å². The molecule has 0 fully saturated rings.